The Morgan fingerprint density at radius 1 is 1.00 bits per heavy atom. The molecule has 0 amide bonds. The molecule has 182 valence electrons. The summed E-state index contributed by atoms with van der Waals surface area (Å²) in [6.07, 6.45) is -2.60. The van der Waals surface area contributed by atoms with Gasteiger partial charge in [-0.15, -0.1) is 0 Å². The number of nitrogens with one attached hydrogen (secondary N) is 1. The number of alkyl halides is 3. The Bertz CT molecular complexity index is 1510. The van der Waals surface area contributed by atoms with E-state index in [-0.39, 0.29) is 27.1 Å². The van der Waals surface area contributed by atoms with Gasteiger partial charge in [-0.05, 0) is 35.9 Å². The van der Waals surface area contributed by atoms with Gasteiger partial charge in [-0.25, -0.2) is 8.42 Å². The largest absolute Gasteiger partial charge is 0.425 e. The lowest BCUT2D eigenvalue weighted by atomic mass is 9.84. The number of aliphatic hydroxyl groups is 1. The van der Waals surface area contributed by atoms with Crippen LogP contribution < -0.4 is 4.72 Å². The molecule has 0 aliphatic heterocycles. The number of nitrogens with zero attached hydrogens (tertiary/aromatic N) is 2. The van der Waals surface area contributed by atoms with Gasteiger partial charge in [-0.1, -0.05) is 42.5 Å². The molecule has 1 atom stereocenters. The Labute approximate surface area is 200 Å². The molecule has 0 bridgehead atoms. The fraction of sp³-hybridized carbons (Fsp3) is 0.160. The molecule has 35 heavy (non-hydrogen) atoms. The minimum atomic E-state index is -5.08. The van der Waals surface area contributed by atoms with Crippen LogP contribution in [-0.2, 0) is 22.7 Å². The van der Waals surface area contributed by atoms with E-state index in [9.17, 15) is 26.7 Å². The topological polar surface area (TPSA) is 83.7 Å². The quantitative estimate of drug-likeness (QED) is 0.372. The Kier molecular flexibility index (Phi) is 6.20. The zero-order valence-corrected chi connectivity index (χ0v) is 19.6. The van der Waals surface area contributed by atoms with E-state index in [0.717, 1.165) is 12.1 Å². The van der Waals surface area contributed by atoms with Gasteiger partial charge in [0.25, 0.3) is 10.0 Å². The van der Waals surface area contributed by atoms with Gasteiger partial charge in [-0.2, -0.15) is 13.2 Å². The maximum absolute atomic E-state index is 14.5. The zero-order valence-electron chi connectivity index (χ0n) is 18.8. The SMILES string of the molecule is CN=Cc1cc(C(O)(c2cn(C)c3ccccc23)C(F)(F)F)ccc1NS(=O)(=O)c1ccccc1. The van der Waals surface area contributed by atoms with Crippen molar-refractivity contribution in [3.8, 4) is 0 Å². The van der Waals surface area contributed by atoms with Gasteiger partial charge < -0.3 is 9.67 Å². The summed E-state index contributed by atoms with van der Waals surface area (Å²) in [5.41, 5.74) is -3.56. The zero-order chi connectivity index (χ0) is 25.4. The van der Waals surface area contributed by atoms with E-state index >= 15 is 0 Å². The number of hydrogen-bond donors (Lipinski definition) is 2. The Morgan fingerprint density at radius 3 is 2.31 bits per heavy atom. The van der Waals surface area contributed by atoms with Crippen LogP contribution in [0.2, 0.25) is 0 Å². The molecule has 4 rings (SSSR count). The first-order valence-electron chi connectivity index (χ1n) is 10.5. The summed E-state index contributed by atoms with van der Waals surface area (Å²) in [6.45, 7) is 0. The summed E-state index contributed by atoms with van der Waals surface area (Å²) in [5, 5.41) is 11.5. The van der Waals surface area contributed by atoms with Crippen LogP contribution in [0, 0.1) is 0 Å². The van der Waals surface area contributed by atoms with Crippen molar-refractivity contribution < 1.29 is 26.7 Å². The maximum atomic E-state index is 14.5. The molecule has 1 aromatic heterocycles. The molecule has 0 spiro atoms. The Morgan fingerprint density at radius 2 is 1.66 bits per heavy atom. The van der Waals surface area contributed by atoms with Crippen LogP contribution in [0.3, 0.4) is 0 Å². The maximum Gasteiger partial charge on any atom is 0.425 e. The summed E-state index contributed by atoms with van der Waals surface area (Å²) < 4.78 is 73.0. The fourth-order valence-corrected chi connectivity index (χ4v) is 5.14. The number of hydrogen-bond acceptors (Lipinski definition) is 4. The van der Waals surface area contributed by atoms with E-state index in [0.29, 0.717) is 5.52 Å². The molecule has 1 heterocycles. The average molecular weight is 502 g/mol. The highest BCUT2D eigenvalue weighted by Crippen LogP contribution is 2.47. The molecule has 1 unspecified atom stereocenters. The van der Waals surface area contributed by atoms with Crippen LogP contribution in [0.4, 0.5) is 18.9 Å². The second-order valence-electron chi connectivity index (χ2n) is 7.99. The van der Waals surface area contributed by atoms with Gasteiger partial charge in [0.2, 0.25) is 5.60 Å². The summed E-state index contributed by atoms with van der Waals surface area (Å²) >= 11 is 0. The molecule has 0 aliphatic rings. The molecule has 4 aromatic rings. The number of benzene rings is 3. The summed E-state index contributed by atoms with van der Waals surface area (Å²) in [6, 6.07) is 17.4. The predicted molar refractivity (Wildman–Crippen MR) is 129 cm³/mol. The Balaban J connectivity index is 1.88. The first-order valence-corrected chi connectivity index (χ1v) is 12.0. The van der Waals surface area contributed by atoms with Gasteiger partial charge in [0, 0.05) is 48.5 Å². The van der Waals surface area contributed by atoms with Gasteiger partial charge in [0.15, 0.2) is 0 Å². The molecule has 10 heteroatoms. The van der Waals surface area contributed by atoms with Crippen molar-refractivity contribution in [2.45, 2.75) is 16.7 Å². The number of fused-ring (bicyclic) bond motifs is 1. The predicted octanol–water partition coefficient (Wildman–Crippen LogP) is 4.83. The highest BCUT2D eigenvalue weighted by atomic mass is 32.2. The lowest BCUT2D eigenvalue weighted by Gasteiger charge is -2.31. The first-order chi connectivity index (χ1) is 16.5. The molecule has 0 saturated heterocycles. The number of para-hydroxylation sites is 1. The number of anilines is 1. The molecule has 0 saturated carbocycles. The van der Waals surface area contributed by atoms with Crippen LogP contribution in [-0.4, -0.2) is 37.5 Å². The number of sulfonamides is 1. The van der Waals surface area contributed by atoms with Crippen LogP contribution in [0.1, 0.15) is 16.7 Å². The van der Waals surface area contributed by atoms with E-state index in [1.165, 1.54) is 48.3 Å². The van der Waals surface area contributed by atoms with Crippen LogP contribution in [0.25, 0.3) is 10.9 Å². The van der Waals surface area contributed by atoms with E-state index < -0.39 is 27.4 Å². The lowest BCUT2D eigenvalue weighted by Crippen LogP contribution is -2.43. The van der Waals surface area contributed by atoms with E-state index in [1.54, 1.807) is 43.4 Å². The van der Waals surface area contributed by atoms with Gasteiger partial charge in [0.05, 0.1) is 10.6 Å². The summed E-state index contributed by atoms with van der Waals surface area (Å²) in [5.74, 6) is 0. The average Bonchev–Trinajstić information content (AvgIpc) is 3.16. The number of aryl methyl sites for hydroxylation is 1. The van der Waals surface area contributed by atoms with E-state index in [1.807, 2.05) is 0 Å². The van der Waals surface area contributed by atoms with Crippen LogP contribution >= 0.6 is 0 Å². The Hall–Kier alpha value is -3.63. The molecule has 2 N–H and O–H groups in total. The standard InChI is InChI=1S/C25H22F3N3O3S/c1-29-15-17-14-18(12-13-22(17)30-35(33,34)19-8-4-3-5-9-19)24(32,25(26,27)28)21-16-31(2)23-11-7-6-10-20(21)23/h3-16,30,32H,1-2H3. The third-order valence-electron chi connectivity index (χ3n) is 5.73. The van der Waals surface area contributed by atoms with Crippen molar-refractivity contribution in [3.05, 3.63) is 95.7 Å². The molecule has 0 fully saturated rings. The summed E-state index contributed by atoms with van der Waals surface area (Å²) in [4.78, 5) is 3.85. The van der Waals surface area contributed by atoms with Crippen molar-refractivity contribution in [3.63, 3.8) is 0 Å². The van der Waals surface area contributed by atoms with Crippen molar-refractivity contribution in [2.75, 3.05) is 11.8 Å². The second kappa shape index (κ2) is 8.86. The molecule has 3 aromatic carbocycles. The fourth-order valence-electron chi connectivity index (χ4n) is 4.03. The normalized spacial score (nSPS) is 14.3. The van der Waals surface area contributed by atoms with Crippen molar-refractivity contribution >= 4 is 32.8 Å². The van der Waals surface area contributed by atoms with Crippen molar-refractivity contribution in [1.29, 1.82) is 0 Å². The minimum absolute atomic E-state index is 0.00832. The molecular weight excluding hydrogens is 479 g/mol. The third-order valence-corrected chi connectivity index (χ3v) is 7.11. The molecular formula is C25H22F3N3O3S. The van der Waals surface area contributed by atoms with Crippen LogP contribution in [0.15, 0.2) is 88.9 Å². The summed E-state index contributed by atoms with van der Waals surface area (Å²) in [7, 11) is -1.01. The number of rotatable bonds is 6. The molecule has 6 nitrogen and oxygen atoms in total. The van der Waals surface area contributed by atoms with Crippen molar-refractivity contribution in [1.82, 2.24) is 4.57 Å². The lowest BCUT2D eigenvalue weighted by molar-refractivity contribution is -0.247. The monoisotopic (exact) mass is 501 g/mol. The number of aliphatic imine (C=N–C) groups is 1. The van der Waals surface area contributed by atoms with Gasteiger partial charge in [0.1, 0.15) is 0 Å². The number of halogens is 3. The van der Waals surface area contributed by atoms with E-state index in [2.05, 4.69) is 9.71 Å². The molecule has 0 aliphatic carbocycles. The smallest absolute Gasteiger partial charge is 0.372 e. The van der Waals surface area contributed by atoms with Crippen molar-refractivity contribution in [2.24, 2.45) is 12.0 Å². The van der Waals surface area contributed by atoms with Gasteiger partial charge >= 0.3 is 6.18 Å². The highest BCUT2D eigenvalue weighted by Gasteiger charge is 2.57. The number of aromatic nitrogens is 1. The highest BCUT2D eigenvalue weighted by molar-refractivity contribution is 7.92. The van der Waals surface area contributed by atoms with E-state index in [4.69, 9.17) is 0 Å². The first kappa shape index (κ1) is 24.5. The second-order valence-corrected chi connectivity index (χ2v) is 9.67. The third kappa shape index (κ3) is 4.30. The van der Waals surface area contributed by atoms with Gasteiger partial charge in [-0.3, -0.25) is 9.71 Å². The minimum Gasteiger partial charge on any atom is -0.372 e. The molecule has 0 radical (unpaired) electrons. The van der Waals surface area contributed by atoms with Crippen LogP contribution in [0.5, 0.6) is 0 Å².